The van der Waals surface area contributed by atoms with E-state index in [1.165, 1.54) is 0 Å². The fraction of sp³-hybridized carbons (Fsp3) is 0.917. The van der Waals surface area contributed by atoms with Gasteiger partial charge in [-0.2, -0.15) is 0 Å². The summed E-state index contributed by atoms with van der Waals surface area (Å²) in [6, 6.07) is 0. The second-order valence-corrected chi connectivity index (χ2v) is 4.52. The summed E-state index contributed by atoms with van der Waals surface area (Å²) < 4.78 is 5.55. The molecule has 0 spiro atoms. The average Bonchev–Trinajstić information content (AvgIpc) is 2.35. The molecule has 2 N–H and O–H groups in total. The molecule has 1 amide bonds. The van der Waals surface area contributed by atoms with E-state index in [1.807, 2.05) is 11.8 Å². The van der Waals surface area contributed by atoms with Crippen LogP contribution < -0.4 is 5.73 Å². The van der Waals surface area contributed by atoms with Crippen LogP contribution in [0.25, 0.3) is 0 Å². The van der Waals surface area contributed by atoms with Crippen LogP contribution in [0.15, 0.2) is 0 Å². The van der Waals surface area contributed by atoms with Crippen LogP contribution in [0, 0.1) is 5.92 Å². The number of amides is 1. The van der Waals surface area contributed by atoms with E-state index in [2.05, 4.69) is 6.92 Å². The number of ether oxygens (including phenoxy) is 1. The van der Waals surface area contributed by atoms with Crippen molar-refractivity contribution in [1.82, 2.24) is 4.90 Å². The van der Waals surface area contributed by atoms with Crippen molar-refractivity contribution in [3.63, 3.8) is 0 Å². The molecule has 0 aromatic carbocycles. The van der Waals surface area contributed by atoms with Crippen LogP contribution in [0.3, 0.4) is 0 Å². The monoisotopic (exact) mass is 228 g/mol. The molecule has 0 aromatic rings. The lowest BCUT2D eigenvalue weighted by molar-refractivity contribution is -0.142. The van der Waals surface area contributed by atoms with Crippen LogP contribution in [0.1, 0.15) is 33.1 Å². The first-order valence-corrected chi connectivity index (χ1v) is 6.29. The molecule has 0 bridgehead atoms. The molecule has 1 fully saturated rings. The molecule has 1 aliphatic rings. The number of hydrogen-bond acceptors (Lipinski definition) is 3. The van der Waals surface area contributed by atoms with Gasteiger partial charge in [0, 0.05) is 19.0 Å². The molecule has 94 valence electrons. The first kappa shape index (κ1) is 13.5. The molecule has 4 heteroatoms. The third-order valence-electron chi connectivity index (χ3n) is 3.17. The summed E-state index contributed by atoms with van der Waals surface area (Å²) >= 11 is 0. The molecule has 1 rings (SSSR count). The van der Waals surface area contributed by atoms with Gasteiger partial charge in [-0.1, -0.05) is 13.8 Å². The minimum absolute atomic E-state index is 0.0964. The Bertz CT molecular complexity index is 221. The van der Waals surface area contributed by atoms with Gasteiger partial charge in [-0.25, -0.2) is 0 Å². The second-order valence-electron chi connectivity index (χ2n) is 4.52. The van der Waals surface area contributed by atoms with E-state index in [-0.39, 0.29) is 17.9 Å². The van der Waals surface area contributed by atoms with Crippen molar-refractivity contribution in [3.8, 4) is 0 Å². The average molecular weight is 228 g/mol. The fourth-order valence-electron chi connectivity index (χ4n) is 2.03. The minimum Gasteiger partial charge on any atom is -0.375 e. The van der Waals surface area contributed by atoms with Gasteiger partial charge in [-0.3, -0.25) is 4.79 Å². The first-order chi connectivity index (χ1) is 7.69. The summed E-state index contributed by atoms with van der Waals surface area (Å²) in [7, 11) is 0. The SMILES string of the molecule is CCC1CN(C(=O)C(C)CCCN)CCO1. The number of rotatable bonds is 5. The quantitative estimate of drug-likeness (QED) is 0.763. The maximum atomic E-state index is 12.1. The molecule has 1 saturated heterocycles. The Morgan fingerprint density at radius 1 is 1.62 bits per heavy atom. The maximum absolute atomic E-state index is 12.1. The van der Waals surface area contributed by atoms with Crippen LogP contribution in [0.5, 0.6) is 0 Å². The van der Waals surface area contributed by atoms with Gasteiger partial charge in [-0.05, 0) is 25.8 Å². The number of nitrogens with zero attached hydrogens (tertiary/aromatic N) is 1. The predicted molar refractivity (Wildman–Crippen MR) is 64.1 cm³/mol. The van der Waals surface area contributed by atoms with Crippen LogP contribution >= 0.6 is 0 Å². The van der Waals surface area contributed by atoms with Crippen LogP contribution in [0.4, 0.5) is 0 Å². The van der Waals surface area contributed by atoms with Crippen LogP contribution in [-0.4, -0.2) is 43.2 Å². The van der Waals surface area contributed by atoms with Gasteiger partial charge in [0.2, 0.25) is 5.91 Å². The smallest absolute Gasteiger partial charge is 0.225 e. The summed E-state index contributed by atoms with van der Waals surface area (Å²) in [5.74, 6) is 0.356. The van der Waals surface area contributed by atoms with Crippen molar-refractivity contribution in [1.29, 1.82) is 0 Å². The van der Waals surface area contributed by atoms with Gasteiger partial charge in [0.15, 0.2) is 0 Å². The van der Waals surface area contributed by atoms with Crippen molar-refractivity contribution in [3.05, 3.63) is 0 Å². The predicted octanol–water partition coefficient (Wildman–Crippen LogP) is 0.999. The number of carbonyl (C=O) groups is 1. The van der Waals surface area contributed by atoms with Crippen LogP contribution in [0.2, 0.25) is 0 Å². The Labute approximate surface area is 98.1 Å². The molecule has 4 nitrogen and oxygen atoms in total. The van der Waals surface area contributed by atoms with E-state index in [0.717, 1.165) is 32.4 Å². The standard InChI is InChI=1S/C12H24N2O2/c1-3-11-9-14(7-8-16-11)12(15)10(2)5-4-6-13/h10-11H,3-9,13H2,1-2H3. The van der Waals surface area contributed by atoms with Gasteiger partial charge in [0.25, 0.3) is 0 Å². The highest BCUT2D eigenvalue weighted by Gasteiger charge is 2.25. The third-order valence-corrected chi connectivity index (χ3v) is 3.17. The first-order valence-electron chi connectivity index (χ1n) is 6.29. The van der Waals surface area contributed by atoms with E-state index < -0.39 is 0 Å². The van der Waals surface area contributed by atoms with Crippen molar-refractivity contribution in [2.24, 2.45) is 11.7 Å². The number of carbonyl (C=O) groups excluding carboxylic acids is 1. The Balaban J connectivity index is 2.40. The highest BCUT2D eigenvalue weighted by molar-refractivity contribution is 5.78. The Morgan fingerprint density at radius 3 is 3.00 bits per heavy atom. The summed E-state index contributed by atoms with van der Waals surface area (Å²) in [5.41, 5.74) is 5.45. The summed E-state index contributed by atoms with van der Waals surface area (Å²) in [5, 5.41) is 0. The highest BCUT2D eigenvalue weighted by atomic mass is 16.5. The molecule has 1 aliphatic heterocycles. The molecule has 0 saturated carbocycles. The Morgan fingerprint density at radius 2 is 2.38 bits per heavy atom. The Hall–Kier alpha value is -0.610. The minimum atomic E-state index is 0.0964. The van der Waals surface area contributed by atoms with E-state index in [4.69, 9.17) is 10.5 Å². The normalized spacial score (nSPS) is 23.2. The second kappa shape index (κ2) is 6.86. The van der Waals surface area contributed by atoms with E-state index in [9.17, 15) is 4.79 Å². The van der Waals surface area contributed by atoms with Crippen molar-refractivity contribution in [2.75, 3.05) is 26.2 Å². The zero-order valence-electron chi connectivity index (χ0n) is 10.4. The van der Waals surface area contributed by atoms with Crippen LogP contribution in [-0.2, 0) is 9.53 Å². The van der Waals surface area contributed by atoms with Gasteiger partial charge in [0.1, 0.15) is 0 Å². The van der Waals surface area contributed by atoms with E-state index in [0.29, 0.717) is 13.2 Å². The molecule has 2 unspecified atom stereocenters. The summed E-state index contributed by atoms with van der Waals surface area (Å²) in [4.78, 5) is 14.0. The number of nitrogens with two attached hydrogens (primary N) is 1. The van der Waals surface area contributed by atoms with Crippen molar-refractivity contribution < 1.29 is 9.53 Å². The summed E-state index contributed by atoms with van der Waals surface area (Å²) in [6.07, 6.45) is 3.01. The zero-order valence-corrected chi connectivity index (χ0v) is 10.4. The largest absolute Gasteiger partial charge is 0.375 e. The topological polar surface area (TPSA) is 55.6 Å². The molecule has 1 heterocycles. The molecule has 0 aromatic heterocycles. The van der Waals surface area contributed by atoms with Crippen molar-refractivity contribution in [2.45, 2.75) is 39.2 Å². The number of morpholine rings is 1. The van der Waals surface area contributed by atoms with Gasteiger partial charge in [0.05, 0.1) is 12.7 Å². The van der Waals surface area contributed by atoms with E-state index >= 15 is 0 Å². The van der Waals surface area contributed by atoms with Crippen molar-refractivity contribution >= 4 is 5.91 Å². The molecule has 0 radical (unpaired) electrons. The molecule has 16 heavy (non-hydrogen) atoms. The lowest BCUT2D eigenvalue weighted by Gasteiger charge is -2.34. The van der Waals surface area contributed by atoms with Gasteiger partial charge >= 0.3 is 0 Å². The highest BCUT2D eigenvalue weighted by Crippen LogP contribution is 2.14. The lowest BCUT2D eigenvalue weighted by atomic mass is 10.0. The maximum Gasteiger partial charge on any atom is 0.225 e. The fourth-order valence-corrected chi connectivity index (χ4v) is 2.03. The summed E-state index contributed by atoms with van der Waals surface area (Å²) in [6.45, 7) is 6.92. The zero-order chi connectivity index (χ0) is 12.0. The lowest BCUT2D eigenvalue weighted by Crippen LogP contribution is -2.47. The Kier molecular flexibility index (Phi) is 5.77. The molecule has 2 atom stereocenters. The molecular weight excluding hydrogens is 204 g/mol. The number of hydrogen-bond donors (Lipinski definition) is 1. The van der Waals surface area contributed by atoms with E-state index in [1.54, 1.807) is 0 Å². The molecular formula is C12H24N2O2. The van der Waals surface area contributed by atoms with Gasteiger partial charge < -0.3 is 15.4 Å². The van der Waals surface area contributed by atoms with Gasteiger partial charge in [-0.15, -0.1) is 0 Å². The molecule has 0 aliphatic carbocycles. The third kappa shape index (κ3) is 3.76.